The van der Waals surface area contributed by atoms with E-state index < -0.39 is 18.6 Å². The van der Waals surface area contributed by atoms with Gasteiger partial charge in [-0.05, 0) is 25.6 Å². The molecule has 0 aliphatic rings. The Hall–Kier alpha value is -0.133. The first-order valence-electron chi connectivity index (χ1n) is 4.79. The third kappa shape index (κ3) is 7.29. The lowest BCUT2D eigenvalue weighted by Crippen LogP contribution is -2.30. The van der Waals surface area contributed by atoms with Crippen LogP contribution in [0.1, 0.15) is 13.8 Å². The molecule has 84 valence electrons. The van der Waals surface area contributed by atoms with E-state index in [9.17, 15) is 8.42 Å². The quantitative estimate of drug-likeness (QED) is 0.540. The Balaban J connectivity index is 4.34. The first kappa shape index (κ1) is 13.9. The van der Waals surface area contributed by atoms with Crippen LogP contribution in [0.15, 0.2) is 0 Å². The maximum atomic E-state index is 10.5. The van der Waals surface area contributed by atoms with Crippen LogP contribution in [0.4, 0.5) is 0 Å². The Morgan fingerprint density at radius 2 is 1.79 bits per heavy atom. The van der Waals surface area contributed by atoms with Gasteiger partial charge >= 0.3 is 0 Å². The molecular weight excluding hydrogens is 216 g/mol. The van der Waals surface area contributed by atoms with E-state index >= 15 is 0 Å². The molecule has 0 N–H and O–H groups in total. The van der Waals surface area contributed by atoms with E-state index in [0.29, 0.717) is 12.5 Å². The van der Waals surface area contributed by atoms with Crippen molar-refractivity contribution < 1.29 is 12.8 Å². The van der Waals surface area contributed by atoms with Crippen molar-refractivity contribution in [3.05, 3.63) is 0 Å². The SMILES string of the molecule is CC(C)C(C=S(=O)=O)CO[Si](C)(C)C. The summed E-state index contributed by atoms with van der Waals surface area (Å²) in [4.78, 5) is 0. The minimum Gasteiger partial charge on any atom is -0.417 e. The predicted molar refractivity (Wildman–Crippen MR) is 62.6 cm³/mol. The summed E-state index contributed by atoms with van der Waals surface area (Å²) in [6.45, 7) is 10.8. The van der Waals surface area contributed by atoms with Crippen LogP contribution < -0.4 is 0 Å². The molecule has 1 atom stereocenters. The first-order valence-corrected chi connectivity index (χ1v) is 9.34. The van der Waals surface area contributed by atoms with Crippen molar-refractivity contribution in [3.63, 3.8) is 0 Å². The van der Waals surface area contributed by atoms with Crippen LogP contribution in [0.25, 0.3) is 0 Å². The van der Waals surface area contributed by atoms with Gasteiger partial charge in [0.15, 0.2) is 8.32 Å². The lowest BCUT2D eigenvalue weighted by molar-refractivity contribution is 0.252. The largest absolute Gasteiger partial charge is 0.417 e. The average molecular weight is 236 g/mol. The Morgan fingerprint density at radius 3 is 2.07 bits per heavy atom. The molecule has 0 aliphatic carbocycles. The minimum atomic E-state index is -2.08. The Kier molecular flexibility index (Phi) is 5.62. The smallest absolute Gasteiger partial charge is 0.210 e. The van der Waals surface area contributed by atoms with E-state index in [0.717, 1.165) is 0 Å². The first-order chi connectivity index (χ1) is 6.22. The van der Waals surface area contributed by atoms with E-state index in [-0.39, 0.29) is 5.92 Å². The van der Waals surface area contributed by atoms with E-state index in [1.165, 1.54) is 5.37 Å². The Morgan fingerprint density at radius 1 is 1.29 bits per heavy atom. The molecule has 0 bridgehead atoms. The molecule has 0 fully saturated rings. The summed E-state index contributed by atoms with van der Waals surface area (Å²) in [6, 6.07) is 0. The monoisotopic (exact) mass is 236 g/mol. The molecule has 0 heterocycles. The Labute approximate surface area is 89.1 Å². The van der Waals surface area contributed by atoms with Crippen LogP contribution in [0.5, 0.6) is 0 Å². The van der Waals surface area contributed by atoms with Gasteiger partial charge in [0.1, 0.15) is 0 Å². The van der Waals surface area contributed by atoms with Crippen molar-refractivity contribution in [2.45, 2.75) is 33.5 Å². The zero-order chi connectivity index (χ0) is 11.4. The van der Waals surface area contributed by atoms with Gasteiger partial charge in [-0.15, -0.1) is 0 Å². The molecule has 14 heavy (non-hydrogen) atoms. The maximum absolute atomic E-state index is 10.5. The highest BCUT2D eigenvalue weighted by Crippen LogP contribution is 2.12. The molecule has 0 aliphatic heterocycles. The normalized spacial score (nSPS) is 14.1. The van der Waals surface area contributed by atoms with Gasteiger partial charge in [-0.3, -0.25) is 0 Å². The molecule has 3 nitrogen and oxygen atoms in total. The van der Waals surface area contributed by atoms with Gasteiger partial charge in [0, 0.05) is 17.9 Å². The van der Waals surface area contributed by atoms with E-state index in [1.807, 2.05) is 13.8 Å². The second-order valence-corrected chi connectivity index (χ2v) is 10.0. The third-order valence-corrected chi connectivity index (χ3v) is 3.46. The van der Waals surface area contributed by atoms with Crippen molar-refractivity contribution in [1.82, 2.24) is 0 Å². The van der Waals surface area contributed by atoms with Crippen LogP contribution in [0.3, 0.4) is 0 Å². The standard InChI is InChI=1S/C9H20O3SSi/c1-8(2)9(7-13(10)11)6-12-14(3,4)5/h7-9H,6H2,1-5H3. The summed E-state index contributed by atoms with van der Waals surface area (Å²) in [7, 11) is -3.62. The lowest BCUT2D eigenvalue weighted by atomic mass is 9.99. The second kappa shape index (κ2) is 5.68. The van der Waals surface area contributed by atoms with Crippen LogP contribution in [-0.2, 0) is 14.7 Å². The number of hydrogen-bond donors (Lipinski definition) is 0. The summed E-state index contributed by atoms with van der Waals surface area (Å²) in [5.74, 6) is 0.296. The van der Waals surface area contributed by atoms with Gasteiger partial charge in [-0.25, -0.2) is 0 Å². The lowest BCUT2D eigenvalue weighted by Gasteiger charge is -2.22. The molecule has 0 amide bonds. The molecule has 0 spiro atoms. The Bertz CT molecular complexity index is 280. The van der Waals surface area contributed by atoms with Gasteiger partial charge < -0.3 is 4.43 Å². The van der Waals surface area contributed by atoms with Gasteiger partial charge in [0.05, 0.1) is 0 Å². The summed E-state index contributed by atoms with van der Waals surface area (Å²) in [6.07, 6.45) is 0. The highest BCUT2D eigenvalue weighted by atomic mass is 32.2. The molecule has 0 aromatic heterocycles. The predicted octanol–water partition coefficient (Wildman–Crippen LogP) is 1.79. The highest BCUT2D eigenvalue weighted by molar-refractivity contribution is 7.71. The van der Waals surface area contributed by atoms with Crippen molar-refractivity contribution >= 4 is 24.0 Å². The van der Waals surface area contributed by atoms with E-state index in [4.69, 9.17) is 4.43 Å². The topological polar surface area (TPSA) is 43.4 Å². The van der Waals surface area contributed by atoms with E-state index in [2.05, 4.69) is 19.6 Å². The highest BCUT2D eigenvalue weighted by Gasteiger charge is 2.18. The molecule has 0 saturated carbocycles. The summed E-state index contributed by atoms with van der Waals surface area (Å²) < 4.78 is 26.8. The van der Waals surface area contributed by atoms with Crippen LogP contribution in [-0.4, -0.2) is 28.7 Å². The molecule has 0 saturated heterocycles. The fourth-order valence-electron chi connectivity index (χ4n) is 0.878. The molecule has 1 unspecified atom stereocenters. The summed E-state index contributed by atoms with van der Waals surface area (Å²) >= 11 is 0. The van der Waals surface area contributed by atoms with Crippen LogP contribution in [0.2, 0.25) is 19.6 Å². The van der Waals surface area contributed by atoms with E-state index in [1.54, 1.807) is 0 Å². The van der Waals surface area contributed by atoms with Crippen molar-refractivity contribution in [1.29, 1.82) is 0 Å². The fourth-order valence-corrected chi connectivity index (χ4v) is 2.25. The molecule has 0 radical (unpaired) electrons. The molecule has 0 aromatic carbocycles. The molecule has 5 heteroatoms. The average Bonchev–Trinajstić information content (AvgIpc) is 1.94. The summed E-state index contributed by atoms with van der Waals surface area (Å²) in [5, 5.41) is 1.34. The van der Waals surface area contributed by atoms with Gasteiger partial charge in [-0.1, -0.05) is 13.8 Å². The maximum Gasteiger partial charge on any atom is 0.210 e. The summed E-state index contributed by atoms with van der Waals surface area (Å²) in [5.41, 5.74) is 0. The van der Waals surface area contributed by atoms with Crippen LogP contribution in [0, 0.1) is 11.8 Å². The third-order valence-electron chi connectivity index (χ3n) is 1.85. The second-order valence-electron chi connectivity index (χ2n) is 4.73. The van der Waals surface area contributed by atoms with Gasteiger partial charge in [0.25, 0.3) is 0 Å². The molecule has 0 aromatic rings. The minimum absolute atomic E-state index is 0.0000540. The zero-order valence-electron chi connectivity index (χ0n) is 9.57. The van der Waals surface area contributed by atoms with Crippen molar-refractivity contribution in [2.24, 2.45) is 11.8 Å². The fraction of sp³-hybridized carbons (Fsp3) is 0.889. The number of hydrogen-bond acceptors (Lipinski definition) is 3. The van der Waals surface area contributed by atoms with Crippen molar-refractivity contribution in [3.8, 4) is 0 Å². The number of rotatable bonds is 5. The zero-order valence-corrected chi connectivity index (χ0v) is 11.4. The molecule has 0 rings (SSSR count). The molecular formula is C9H20O3SSi. The van der Waals surface area contributed by atoms with Crippen molar-refractivity contribution in [2.75, 3.05) is 6.61 Å². The van der Waals surface area contributed by atoms with Gasteiger partial charge in [0.2, 0.25) is 10.3 Å². The van der Waals surface area contributed by atoms with Gasteiger partial charge in [-0.2, -0.15) is 8.42 Å². The van der Waals surface area contributed by atoms with Crippen LogP contribution >= 0.6 is 0 Å².